The summed E-state index contributed by atoms with van der Waals surface area (Å²) in [6.45, 7) is 8.39. The number of carbonyl (C=O) groups is 4. The Morgan fingerprint density at radius 2 is 0.531 bits per heavy atom. The van der Waals surface area contributed by atoms with Crippen LogP contribution in [-0.4, -0.2) is 23.6 Å². The van der Waals surface area contributed by atoms with Crippen LogP contribution < -0.4 is 22.9 Å². The summed E-state index contributed by atoms with van der Waals surface area (Å²) >= 11 is 0. The van der Waals surface area contributed by atoms with Crippen molar-refractivity contribution >= 4 is 23.6 Å². The maximum absolute atomic E-state index is 10.1. The molecule has 0 bridgehead atoms. The predicted octanol–water partition coefficient (Wildman–Crippen LogP) is 4.21. The molecule has 0 aliphatic carbocycles. The van der Waals surface area contributed by atoms with Crippen molar-refractivity contribution in [1.29, 1.82) is 0 Å². The molecule has 8 N–H and O–H groups in total. The van der Waals surface area contributed by atoms with Gasteiger partial charge >= 0.3 is 0 Å². The summed E-state index contributed by atoms with van der Waals surface area (Å²) in [6, 6.07) is 0. The summed E-state index contributed by atoms with van der Waals surface area (Å²) in [5.74, 6) is -0.728. The van der Waals surface area contributed by atoms with Crippen LogP contribution in [0, 0.1) is 0 Å². The zero-order valence-electron chi connectivity index (χ0n) is 21.3. The first-order chi connectivity index (χ1) is 15.1. The first-order valence-corrected chi connectivity index (χ1v) is 12.2. The largest absolute Gasteiger partial charge is 0.370 e. The Balaban J connectivity index is -0.000000163. The molecular weight excluding hydrogens is 408 g/mol. The maximum atomic E-state index is 10.1. The zero-order valence-corrected chi connectivity index (χ0v) is 21.3. The molecule has 32 heavy (non-hydrogen) atoms. The Morgan fingerprint density at radius 1 is 0.375 bits per heavy atom. The van der Waals surface area contributed by atoms with Gasteiger partial charge in [-0.2, -0.15) is 0 Å². The van der Waals surface area contributed by atoms with Crippen LogP contribution in [0.1, 0.15) is 130 Å². The van der Waals surface area contributed by atoms with E-state index in [2.05, 4.69) is 27.7 Å². The normalized spacial score (nSPS) is 9.12. The van der Waals surface area contributed by atoms with E-state index in [1.807, 2.05) is 0 Å². The molecule has 0 aliphatic rings. The standard InChI is InChI=1S/4C6H13NO/c4*1-2-3-4-5-6(7)8/h4*2-5H2,1H3,(H2,7,8). The average Bonchev–Trinajstić information content (AvgIpc) is 2.69. The molecular formula is C24H52N4O4. The van der Waals surface area contributed by atoms with E-state index in [0.717, 1.165) is 77.0 Å². The molecule has 0 atom stereocenters. The molecule has 0 saturated carbocycles. The van der Waals surface area contributed by atoms with E-state index in [-0.39, 0.29) is 23.6 Å². The van der Waals surface area contributed by atoms with Crippen LogP contribution in [0.15, 0.2) is 0 Å². The number of unbranched alkanes of at least 4 members (excludes halogenated alkanes) is 8. The van der Waals surface area contributed by atoms with Gasteiger partial charge in [0.15, 0.2) is 0 Å². The van der Waals surface area contributed by atoms with Gasteiger partial charge in [0.25, 0.3) is 0 Å². The first kappa shape index (κ1) is 37.2. The Bertz CT molecular complexity index is 364. The minimum atomic E-state index is -0.182. The van der Waals surface area contributed by atoms with Gasteiger partial charge < -0.3 is 22.9 Å². The van der Waals surface area contributed by atoms with Gasteiger partial charge in [-0.3, -0.25) is 19.2 Å². The van der Waals surface area contributed by atoms with Gasteiger partial charge in [0.2, 0.25) is 23.6 Å². The number of carbonyl (C=O) groups excluding carboxylic acids is 4. The summed E-state index contributed by atoms with van der Waals surface area (Å²) in [5, 5.41) is 0. The lowest BCUT2D eigenvalue weighted by atomic mass is 10.2. The van der Waals surface area contributed by atoms with E-state index in [4.69, 9.17) is 22.9 Å². The summed E-state index contributed by atoms with van der Waals surface area (Å²) in [7, 11) is 0. The fourth-order valence-corrected chi connectivity index (χ4v) is 2.20. The van der Waals surface area contributed by atoms with Crippen molar-refractivity contribution in [3.05, 3.63) is 0 Å². The number of primary amides is 4. The molecule has 0 aromatic carbocycles. The highest BCUT2D eigenvalue weighted by atomic mass is 16.2. The van der Waals surface area contributed by atoms with Crippen molar-refractivity contribution in [2.75, 3.05) is 0 Å². The molecule has 0 radical (unpaired) electrons. The highest BCUT2D eigenvalue weighted by Crippen LogP contribution is 1.98. The van der Waals surface area contributed by atoms with Gasteiger partial charge in [-0.25, -0.2) is 0 Å². The molecule has 4 amide bonds. The summed E-state index contributed by atoms with van der Waals surface area (Å²) < 4.78 is 0. The molecule has 0 rings (SSSR count). The van der Waals surface area contributed by atoms with Crippen molar-refractivity contribution in [3.63, 3.8) is 0 Å². The zero-order chi connectivity index (χ0) is 25.6. The topological polar surface area (TPSA) is 172 Å². The molecule has 0 unspecified atom stereocenters. The third-order valence-electron chi connectivity index (χ3n) is 4.11. The maximum Gasteiger partial charge on any atom is 0.217 e. The number of nitrogens with two attached hydrogens (primary N) is 4. The minimum absolute atomic E-state index is 0.182. The third kappa shape index (κ3) is 63.0. The van der Waals surface area contributed by atoms with E-state index < -0.39 is 0 Å². The highest BCUT2D eigenvalue weighted by Gasteiger charge is 1.92. The van der Waals surface area contributed by atoms with Crippen LogP contribution >= 0.6 is 0 Å². The third-order valence-corrected chi connectivity index (χ3v) is 4.11. The van der Waals surface area contributed by atoms with Gasteiger partial charge in [-0.1, -0.05) is 79.1 Å². The number of hydrogen-bond acceptors (Lipinski definition) is 4. The molecule has 0 spiro atoms. The van der Waals surface area contributed by atoms with Gasteiger partial charge in [0.05, 0.1) is 0 Å². The quantitative estimate of drug-likeness (QED) is 0.253. The van der Waals surface area contributed by atoms with E-state index in [1.165, 1.54) is 0 Å². The van der Waals surface area contributed by atoms with Crippen LogP contribution in [0.3, 0.4) is 0 Å². The Kier molecular flexibility index (Phi) is 39.0. The van der Waals surface area contributed by atoms with E-state index in [0.29, 0.717) is 25.7 Å². The molecule has 8 heteroatoms. The second-order valence-corrected chi connectivity index (χ2v) is 7.69. The average molecular weight is 461 g/mol. The van der Waals surface area contributed by atoms with Gasteiger partial charge in [0, 0.05) is 25.7 Å². The van der Waals surface area contributed by atoms with E-state index in [1.54, 1.807) is 0 Å². The molecule has 0 aromatic heterocycles. The monoisotopic (exact) mass is 460 g/mol. The smallest absolute Gasteiger partial charge is 0.217 e. The molecule has 8 nitrogen and oxygen atoms in total. The highest BCUT2D eigenvalue weighted by molar-refractivity contribution is 5.74. The Morgan fingerprint density at radius 3 is 0.625 bits per heavy atom. The van der Waals surface area contributed by atoms with Crippen LogP contribution in [0.5, 0.6) is 0 Å². The van der Waals surface area contributed by atoms with Crippen LogP contribution in [0.2, 0.25) is 0 Å². The number of amides is 4. The minimum Gasteiger partial charge on any atom is -0.370 e. The Hall–Kier alpha value is -2.12. The fraction of sp³-hybridized carbons (Fsp3) is 0.833. The van der Waals surface area contributed by atoms with Crippen molar-refractivity contribution in [3.8, 4) is 0 Å². The first-order valence-electron chi connectivity index (χ1n) is 12.2. The van der Waals surface area contributed by atoms with Crippen LogP contribution in [0.25, 0.3) is 0 Å². The molecule has 0 fully saturated rings. The van der Waals surface area contributed by atoms with Gasteiger partial charge in [0.1, 0.15) is 0 Å². The van der Waals surface area contributed by atoms with Crippen molar-refractivity contribution in [2.24, 2.45) is 22.9 Å². The van der Waals surface area contributed by atoms with Crippen LogP contribution in [0.4, 0.5) is 0 Å². The molecule has 0 saturated heterocycles. The SMILES string of the molecule is CCCCCC(N)=O.CCCCCC(N)=O.CCCCCC(N)=O.CCCCCC(N)=O. The summed E-state index contributed by atoms with van der Waals surface area (Å²) in [6.07, 6.45) is 15.0. The molecule has 0 aromatic rings. The Labute approximate surface area is 196 Å². The van der Waals surface area contributed by atoms with Gasteiger partial charge in [-0.05, 0) is 25.7 Å². The van der Waals surface area contributed by atoms with E-state index in [9.17, 15) is 19.2 Å². The predicted molar refractivity (Wildman–Crippen MR) is 133 cm³/mol. The number of hydrogen-bond donors (Lipinski definition) is 4. The van der Waals surface area contributed by atoms with Crippen LogP contribution in [-0.2, 0) is 19.2 Å². The second kappa shape index (κ2) is 33.5. The fourth-order valence-electron chi connectivity index (χ4n) is 2.20. The molecule has 0 aliphatic heterocycles. The molecule has 192 valence electrons. The van der Waals surface area contributed by atoms with E-state index >= 15 is 0 Å². The summed E-state index contributed by atoms with van der Waals surface area (Å²) in [5.41, 5.74) is 19.6. The van der Waals surface area contributed by atoms with Crippen molar-refractivity contribution in [2.45, 2.75) is 130 Å². The lowest BCUT2D eigenvalue weighted by Crippen LogP contribution is -2.09. The number of rotatable bonds is 16. The lowest BCUT2D eigenvalue weighted by Gasteiger charge is -1.90. The summed E-state index contributed by atoms with van der Waals surface area (Å²) in [4.78, 5) is 40.4. The molecule has 0 heterocycles. The van der Waals surface area contributed by atoms with Crippen molar-refractivity contribution in [1.82, 2.24) is 0 Å². The van der Waals surface area contributed by atoms with Crippen molar-refractivity contribution < 1.29 is 19.2 Å². The lowest BCUT2D eigenvalue weighted by molar-refractivity contribution is -0.119. The second-order valence-electron chi connectivity index (χ2n) is 7.69. The van der Waals surface area contributed by atoms with Gasteiger partial charge in [-0.15, -0.1) is 0 Å².